The molecule has 1 fully saturated rings. The molecule has 4 unspecified atom stereocenters. The molecule has 1 aliphatic rings. The van der Waals surface area contributed by atoms with Gasteiger partial charge in [-0.15, -0.1) is 0 Å². The molecule has 1 aliphatic heterocycles. The Morgan fingerprint density at radius 2 is 1.86 bits per heavy atom. The number of phosphoric acid groups is 2. The molecule has 0 radical (unpaired) electrons. The van der Waals surface area contributed by atoms with Crippen LogP contribution >= 0.6 is 34.8 Å². The number of aromatic nitrogens is 4. The van der Waals surface area contributed by atoms with Gasteiger partial charge in [0.2, 0.25) is 5.28 Å². The highest BCUT2D eigenvalue weighted by Crippen LogP contribution is 2.70. The van der Waals surface area contributed by atoms with E-state index in [0.29, 0.717) is 0 Å². The van der Waals surface area contributed by atoms with Crippen molar-refractivity contribution in [3.05, 3.63) is 11.6 Å². The van der Waals surface area contributed by atoms with Gasteiger partial charge in [0.25, 0.3) is 7.52 Å². The number of nitrogen functional groups attached to an aromatic ring is 1. The average molecular weight is 683 g/mol. The molecule has 2 aromatic heterocycles. The van der Waals surface area contributed by atoms with Crippen molar-refractivity contribution >= 4 is 57.7 Å². The van der Waals surface area contributed by atoms with E-state index in [1.165, 1.54) is 6.92 Å². The molecule has 2 aromatic rings. The number of alkyl halides is 1. The number of ether oxygens (including phenoxy) is 2. The number of hydrogen-bond acceptors (Lipinski definition) is 16. The fraction of sp³-hybridized carbons (Fsp3) is 0.684. The standard InChI is InChI=1S/C19H31ClFN6O12P3/c1-9(2)36-18(29)10(3)26-40(6,30)38-42(32,34-5)39-41(31,33-4)35-7-11-14(28)12(21)17(37-11)27-8-23-13-15(22)24-19(20)25-16(13)27/h8-12,14,17,28H,7H2,1-6H3,(H,26,30)(H2,22,24,25)/t10-,11+,12+,14?,17+,40?,41?,42?/m0/s1. The molecule has 0 aliphatic carbocycles. The third-order valence-corrected chi connectivity index (χ3v) is 11.5. The van der Waals surface area contributed by atoms with E-state index in [1.54, 1.807) is 13.8 Å². The van der Waals surface area contributed by atoms with Crippen LogP contribution in [0.25, 0.3) is 11.2 Å². The van der Waals surface area contributed by atoms with Crippen LogP contribution in [-0.2, 0) is 50.2 Å². The zero-order valence-corrected chi connectivity index (χ0v) is 26.6. The largest absolute Gasteiger partial charge is 0.490 e. The summed E-state index contributed by atoms with van der Waals surface area (Å²) >= 11 is 5.84. The van der Waals surface area contributed by atoms with Gasteiger partial charge in [0, 0.05) is 20.9 Å². The Labute approximate surface area is 244 Å². The van der Waals surface area contributed by atoms with Crippen LogP contribution in [-0.4, -0.2) is 88.6 Å². The number of nitrogens with two attached hydrogens (primary N) is 1. The van der Waals surface area contributed by atoms with Gasteiger partial charge in [-0.05, 0) is 32.4 Å². The predicted octanol–water partition coefficient (Wildman–Crippen LogP) is 2.97. The SMILES string of the molecule is COP(=O)(OC[C@H]1O[C@@H](n2cnc3c(N)nc(Cl)nc32)[C@H](F)C1O)OP(=O)(OC)OP(C)(=O)N[C@@H](C)C(=O)OC(C)C. The van der Waals surface area contributed by atoms with E-state index >= 15 is 4.39 Å². The molecule has 4 N–H and O–H groups in total. The number of nitrogens with zero attached hydrogens (tertiary/aromatic N) is 4. The summed E-state index contributed by atoms with van der Waals surface area (Å²) in [6, 6.07) is -1.17. The molecule has 3 heterocycles. The van der Waals surface area contributed by atoms with Gasteiger partial charge in [0.1, 0.15) is 23.8 Å². The summed E-state index contributed by atoms with van der Waals surface area (Å²) in [7, 11) is -12.3. The molecule has 0 amide bonds. The molecular weight excluding hydrogens is 652 g/mol. The summed E-state index contributed by atoms with van der Waals surface area (Å²) in [5, 5.41) is 12.5. The summed E-state index contributed by atoms with van der Waals surface area (Å²) < 4.78 is 90.2. The Hall–Kier alpha value is -1.59. The van der Waals surface area contributed by atoms with Crippen LogP contribution in [0.15, 0.2) is 6.33 Å². The van der Waals surface area contributed by atoms with Crippen LogP contribution in [0.4, 0.5) is 10.2 Å². The number of carbonyl (C=O) groups is 1. The van der Waals surface area contributed by atoms with E-state index < -0.39 is 72.5 Å². The zero-order chi connectivity index (χ0) is 31.6. The highest BCUT2D eigenvalue weighted by molar-refractivity contribution is 7.70. The Bertz CT molecular complexity index is 1430. The third kappa shape index (κ3) is 8.31. The van der Waals surface area contributed by atoms with Crippen molar-refractivity contribution in [2.45, 2.75) is 57.5 Å². The molecule has 0 spiro atoms. The average Bonchev–Trinajstić information content (AvgIpc) is 3.42. The molecular formula is C19H31ClFN6O12P3. The van der Waals surface area contributed by atoms with E-state index in [4.69, 9.17) is 44.5 Å². The van der Waals surface area contributed by atoms with Crippen molar-refractivity contribution in [1.29, 1.82) is 0 Å². The van der Waals surface area contributed by atoms with Gasteiger partial charge < -0.3 is 20.3 Å². The number of imidazole rings is 1. The van der Waals surface area contributed by atoms with E-state index in [1.807, 2.05) is 0 Å². The number of halogens is 2. The molecule has 18 nitrogen and oxygen atoms in total. The normalized spacial score (nSPS) is 26.0. The molecule has 0 aromatic carbocycles. The van der Waals surface area contributed by atoms with Gasteiger partial charge >= 0.3 is 21.6 Å². The highest BCUT2D eigenvalue weighted by atomic mass is 35.5. The molecule has 8 atom stereocenters. The number of rotatable bonds is 14. The minimum Gasteiger partial charge on any atom is -0.462 e. The molecule has 238 valence electrons. The number of esters is 1. The van der Waals surface area contributed by atoms with Crippen molar-refractivity contribution in [3.8, 4) is 0 Å². The number of aliphatic hydroxyl groups is 1. The topological polar surface area (TPSA) is 235 Å². The number of phosphoric ester groups is 1. The van der Waals surface area contributed by atoms with Crippen LogP contribution in [0, 0.1) is 0 Å². The first-order valence-electron chi connectivity index (χ1n) is 12.0. The molecule has 42 heavy (non-hydrogen) atoms. The van der Waals surface area contributed by atoms with E-state index in [2.05, 4.69) is 24.6 Å². The predicted molar refractivity (Wildman–Crippen MR) is 144 cm³/mol. The van der Waals surface area contributed by atoms with Gasteiger partial charge in [-0.1, -0.05) is 0 Å². The van der Waals surface area contributed by atoms with Gasteiger partial charge in [0.15, 0.2) is 23.9 Å². The lowest BCUT2D eigenvalue weighted by Gasteiger charge is -2.26. The van der Waals surface area contributed by atoms with Crippen molar-refractivity contribution in [1.82, 2.24) is 24.6 Å². The van der Waals surface area contributed by atoms with E-state index in [-0.39, 0.29) is 22.3 Å². The number of fused-ring (bicyclic) bond motifs is 1. The number of anilines is 1. The first-order chi connectivity index (χ1) is 19.4. The number of carbonyl (C=O) groups excluding carboxylic acids is 1. The highest BCUT2D eigenvalue weighted by Gasteiger charge is 2.49. The Morgan fingerprint density at radius 1 is 1.21 bits per heavy atom. The second kappa shape index (κ2) is 13.6. The number of nitrogens with one attached hydrogen (secondary N) is 1. The van der Waals surface area contributed by atoms with Crippen LogP contribution in [0.1, 0.15) is 27.0 Å². The quantitative estimate of drug-likeness (QED) is 0.147. The van der Waals surface area contributed by atoms with Gasteiger partial charge in [-0.2, -0.15) is 14.3 Å². The molecule has 0 bridgehead atoms. The zero-order valence-electron chi connectivity index (χ0n) is 23.2. The molecule has 3 rings (SSSR count). The lowest BCUT2D eigenvalue weighted by Crippen LogP contribution is -2.34. The molecule has 0 saturated carbocycles. The minimum absolute atomic E-state index is 0.0161. The fourth-order valence-corrected chi connectivity index (χ4v) is 9.08. The summed E-state index contributed by atoms with van der Waals surface area (Å²) in [4.78, 5) is 23.8. The summed E-state index contributed by atoms with van der Waals surface area (Å²) in [5.74, 6) is -0.852. The smallest absolute Gasteiger partial charge is 0.462 e. The van der Waals surface area contributed by atoms with Crippen molar-refractivity contribution < 1.29 is 59.7 Å². The van der Waals surface area contributed by atoms with Crippen LogP contribution in [0.3, 0.4) is 0 Å². The van der Waals surface area contributed by atoms with Crippen LogP contribution in [0.5, 0.6) is 0 Å². The number of aliphatic hydroxyl groups excluding tert-OH is 1. The minimum atomic E-state index is -4.97. The maximum atomic E-state index is 15.1. The van der Waals surface area contributed by atoms with Crippen molar-refractivity contribution in [2.24, 2.45) is 0 Å². The van der Waals surface area contributed by atoms with Gasteiger partial charge in [0.05, 0.1) is 19.0 Å². The van der Waals surface area contributed by atoms with Gasteiger partial charge in [-0.25, -0.2) is 27.9 Å². The lowest BCUT2D eigenvalue weighted by atomic mass is 10.1. The van der Waals surface area contributed by atoms with Crippen molar-refractivity contribution in [3.63, 3.8) is 0 Å². The fourth-order valence-electron chi connectivity index (χ4n) is 3.59. The van der Waals surface area contributed by atoms with E-state index in [9.17, 15) is 23.6 Å². The summed E-state index contributed by atoms with van der Waals surface area (Å²) in [6.45, 7) is 4.65. The summed E-state index contributed by atoms with van der Waals surface area (Å²) in [5.41, 5.74) is 5.88. The van der Waals surface area contributed by atoms with Gasteiger partial charge in [-0.3, -0.25) is 27.5 Å². The maximum absolute atomic E-state index is 15.1. The monoisotopic (exact) mass is 682 g/mol. The van der Waals surface area contributed by atoms with E-state index in [0.717, 1.165) is 31.8 Å². The first kappa shape index (κ1) is 34.9. The Kier molecular flexibility index (Phi) is 11.3. The van der Waals surface area contributed by atoms with Crippen LogP contribution < -0.4 is 10.8 Å². The van der Waals surface area contributed by atoms with Crippen molar-refractivity contribution in [2.75, 3.05) is 33.2 Å². The third-order valence-electron chi connectivity index (χ3n) is 5.42. The Morgan fingerprint density at radius 3 is 2.45 bits per heavy atom. The first-order valence-corrected chi connectivity index (χ1v) is 17.4. The Balaban J connectivity index is 1.69. The number of hydrogen-bond donors (Lipinski definition) is 3. The molecule has 1 saturated heterocycles. The second-order valence-corrected chi connectivity index (χ2v) is 15.5. The maximum Gasteiger partial charge on any atom is 0.490 e. The lowest BCUT2D eigenvalue weighted by molar-refractivity contribution is -0.149. The second-order valence-electron chi connectivity index (χ2n) is 9.10. The molecule has 23 heteroatoms. The van der Waals surface area contributed by atoms with Crippen LogP contribution in [0.2, 0.25) is 5.28 Å². The summed E-state index contributed by atoms with van der Waals surface area (Å²) in [6.07, 6.45) is -6.18.